The second-order valence-corrected chi connectivity index (χ2v) is 9.65. The van der Waals surface area contributed by atoms with Crippen LogP contribution < -0.4 is 15.0 Å². The van der Waals surface area contributed by atoms with Gasteiger partial charge in [0.25, 0.3) is 5.91 Å². The number of pyridine rings is 1. The zero-order valence-electron chi connectivity index (χ0n) is 19.8. The summed E-state index contributed by atoms with van der Waals surface area (Å²) in [5.41, 5.74) is 0.404. The molecule has 2 aromatic carbocycles. The van der Waals surface area contributed by atoms with Crippen LogP contribution in [0.4, 0.5) is 35.0 Å². The van der Waals surface area contributed by atoms with E-state index in [1.165, 1.54) is 23.1 Å². The van der Waals surface area contributed by atoms with Crippen LogP contribution in [-0.4, -0.2) is 33.5 Å². The van der Waals surface area contributed by atoms with E-state index in [4.69, 9.17) is 16.3 Å². The topological polar surface area (TPSA) is 83.1 Å². The molecule has 4 aromatic rings. The lowest BCUT2D eigenvalue weighted by Gasteiger charge is -2.18. The van der Waals surface area contributed by atoms with E-state index in [1.54, 1.807) is 13.1 Å². The number of para-hydroxylation sites is 1. The van der Waals surface area contributed by atoms with Crippen molar-refractivity contribution >= 4 is 46.0 Å². The van der Waals surface area contributed by atoms with Crippen molar-refractivity contribution in [1.82, 2.24) is 15.0 Å². The van der Waals surface area contributed by atoms with Gasteiger partial charge in [-0.2, -0.15) is 13.2 Å². The number of nitrogens with zero attached hydrogens (tertiary/aromatic N) is 3. The number of ether oxygens (including phenoxy) is 1. The van der Waals surface area contributed by atoms with Crippen LogP contribution in [0.3, 0.4) is 0 Å². The summed E-state index contributed by atoms with van der Waals surface area (Å²) in [4.78, 5) is 26.1. The highest BCUT2D eigenvalue weighted by atomic mass is 35.5. The maximum atomic E-state index is 14.5. The highest BCUT2D eigenvalue weighted by Gasteiger charge is 2.37. The Bertz CT molecular complexity index is 1510. The molecule has 0 atom stereocenters. The summed E-state index contributed by atoms with van der Waals surface area (Å²) < 4.78 is 59.1. The number of H-pyrrole nitrogens is 1. The number of halogens is 5. The van der Waals surface area contributed by atoms with Crippen molar-refractivity contribution in [1.29, 1.82) is 0 Å². The molecule has 7 nitrogen and oxygen atoms in total. The molecule has 1 aliphatic rings. The van der Waals surface area contributed by atoms with Crippen LogP contribution in [0.5, 0.6) is 5.75 Å². The highest BCUT2D eigenvalue weighted by Crippen LogP contribution is 2.43. The SMILES string of the molecule is CN(c1nc2c3c(c(C(=O)Nc4ccc(C(F)(F)F)cn4)cc2[nH]1)OC(C)(C)C3)c1c(F)cccc1Cl. The second-order valence-electron chi connectivity index (χ2n) is 9.24. The number of benzene rings is 2. The molecule has 0 saturated carbocycles. The number of anilines is 3. The van der Waals surface area contributed by atoms with E-state index in [1.807, 2.05) is 13.8 Å². The lowest BCUT2D eigenvalue weighted by molar-refractivity contribution is -0.137. The summed E-state index contributed by atoms with van der Waals surface area (Å²) in [7, 11) is 1.60. The lowest BCUT2D eigenvalue weighted by atomic mass is 9.99. The maximum absolute atomic E-state index is 14.5. The summed E-state index contributed by atoms with van der Waals surface area (Å²) in [6.45, 7) is 3.72. The van der Waals surface area contributed by atoms with Crippen LogP contribution in [0.1, 0.15) is 35.3 Å². The zero-order valence-corrected chi connectivity index (χ0v) is 20.6. The number of alkyl halides is 3. The Kier molecular flexibility index (Phi) is 5.78. The Balaban J connectivity index is 1.55. The Morgan fingerprint density at radius 3 is 2.65 bits per heavy atom. The summed E-state index contributed by atoms with van der Waals surface area (Å²) in [5.74, 6) is -0.607. The fourth-order valence-corrected chi connectivity index (χ4v) is 4.56. The van der Waals surface area contributed by atoms with Gasteiger partial charge in [0.15, 0.2) is 0 Å². The van der Waals surface area contributed by atoms with Crippen LogP contribution in [-0.2, 0) is 12.6 Å². The van der Waals surface area contributed by atoms with Crippen molar-refractivity contribution in [3.63, 3.8) is 0 Å². The number of hydrogen-bond donors (Lipinski definition) is 2. The molecule has 3 heterocycles. The van der Waals surface area contributed by atoms with Crippen molar-refractivity contribution in [2.45, 2.75) is 32.0 Å². The van der Waals surface area contributed by atoms with Gasteiger partial charge in [-0.3, -0.25) is 4.79 Å². The first-order chi connectivity index (χ1) is 17.3. The molecule has 192 valence electrons. The number of carbonyl (C=O) groups is 1. The fourth-order valence-electron chi connectivity index (χ4n) is 4.27. The van der Waals surface area contributed by atoms with Crippen LogP contribution in [0, 0.1) is 5.82 Å². The smallest absolute Gasteiger partial charge is 0.417 e. The molecule has 2 aromatic heterocycles. The quantitative estimate of drug-likeness (QED) is 0.292. The minimum absolute atomic E-state index is 0.0525. The van der Waals surface area contributed by atoms with E-state index in [0.717, 1.165) is 12.1 Å². The van der Waals surface area contributed by atoms with Crippen molar-refractivity contribution < 1.29 is 27.1 Å². The molecule has 0 aliphatic carbocycles. The van der Waals surface area contributed by atoms with Crippen molar-refractivity contribution in [3.05, 3.63) is 70.1 Å². The molecule has 0 spiro atoms. The molecule has 2 N–H and O–H groups in total. The van der Waals surface area contributed by atoms with Gasteiger partial charge in [-0.1, -0.05) is 17.7 Å². The van der Waals surface area contributed by atoms with Gasteiger partial charge < -0.3 is 19.9 Å². The lowest BCUT2D eigenvalue weighted by Crippen LogP contribution is -2.25. The summed E-state index contributed by atoms with van der Waals surface area (Å²) in [5, 5.41) is 2.72. The first-order valence-electron chi connectivity index (χ1n) is 11.1. The number of hydrogen-bond acceptors (Lipinski definition) is 5. The molecule has 1 amide bonds. The average Bonchev–Trinajstić information content (AvgIpc) is 3.38. The molecular formula is C25H20ClF4N5O2. The number of aromatic amines is 1. The maximum Gasteiger partial charge on any atom is 0.417 e. The van der Waals surface area contributed by atoms with E-state index in [2.05, 4.69) is 20.3 Å². The first kappa shape index (κ1) is 24.8. The van der Waals surface area contributed by atoms with Crippen LogP contribution in [0.15, 0.2) is 42.6 Å². The highest BCUT2D eigenvalue weighted by molar-refractivity contribution is 6.33. The minimum atomic E-state index is -4.54. The third kappa shape index (κ3) is 4.55. The Morgan fingerprint density at radius 2 is 2.00 bits per heavy atom. The largest absolute Gasteiger partial charge is 0.486 e. The zero-order chi connectivity index (χ0) is 26.7. The van der Waals surface area contributed by atoms with Crippen molar-refractivity contribution in [2.75, 3.05) is 17.3 Å². The predicted octanol–water partition coefficient (Wildman–Crippen LogP) is 6.50. The van der Waals surface area contributed by atoms with Crippen LogP contribution in [0.2, 0.25) is 5.02 Å². The number of carbonyl (C=O) groups excluding carboxylic acids is 1. The predicted molar refractivity (Wildman–Crippen MR) is 131 cm³/mol. The van der Waals surface area contributed by atoms with Gasteiger partial charge >= 0.3 is 6.18 Å². The van der Waals surface area contributed by atoms with E-state index in [0.29, 0.717) is 35.0 Å². The Labute approximate surface area is 213 Å². The summed E-state index contributed by atoms with van der Waals surface area (Å²) in [6, 6.07) is 7.78. The van der Waals surface area contributed by atoms with Crippen molar-refractivity contribution in [2.24, 2.45) is 0 Å². The second kappa shape index (κ2) is 8.62. The molecule has 12 heteroatoms. The number of nitrogens with one attached hydrogen (secondary N) is 2. The molecule has 0 radical (unpaired) electrons. The van der Waals surface area contributed by atoms with Gasteiger partial charge in [-0.25, -0.2) is 14.4 Å². The molecule has 1 aliphatic heterocycles. The fraction of sp³-hybridized carbons (Fsp3) is 0.240. The number of fused-ring (bicyclic) bond motifs is 3. The summed E-state index contributed by atoms with van der Waals surface area (Å²) in [6.07, 6.45) is -3.46. The van der Waals surface area contributed by atoms with E-state index >= 15 is 0 Å². The van der Waals surface area contributed by atoms with Gasteiger partial charge in [0.1, 0.15) is 23.0 Å². The number of rotatable bonds is 4. The average molecular weight is 534 g/mol. The molecular weight excluding hydrogens is 514 g/mol. The van der Waals surface area contributed by atoms with E-state index in [9.17, 15) is 22.4 Å². The van der Waals surface area contributed by atoms with Crippen LogP contribution >= 0.6 is 11.6 Å². The third-order valence-electron chi connectivity index (χ3n) is 5.96. The standard InChI is InChI=1S/C25H20ClF4N5O2/c1-24(2)10-14-19-17(32-23(34-19)35(3)20-15(26)5-4-6-16(20)27)9-13(21(14)37-24)22(36)33-18-8-7-12(11-31-18)25(28,29)30/h4-9,11H,10H2,1-3H3,(H,32,34)(H,31,33,36). The number of amides is 1. The molecule has 0 fully saturated rings. The number of aromatic nitrogens is 3. The van der Waals surface area contributed by atoms with Gasteiger partial charge in [0, 0.05) is 25.2 Å². The van der Waals surface area contributed by atoms with Crippen LogP contribution in [0.25, 0.3) is 11.0 Å². The first-order valence-corrected chi connectivity index (χ1v) is 11.5. The van der Waals surface area contributed by atoms with E-state index in [-0.39, 0.29) is 28.0 Å². The number of imidazole rings is 1. The Hall–Kier alpha value is -3.86. The molecule has 0 unspecified atom stereocenters. The molecule has 37 heavy (non-hydrogen) atoms. The molecule has 5 rings (SSSR count). The molecule has 0 saturated heterocycles. The third-order valence-corrected chi connectivity index (χ3v) is 6.27. The minimum Gasteiger partial charge on any atom is -0.486 e. The van der Waals surface area contributed by atoms with E-state index < -0.39 is 29.1 Å². The van der Waals surface area contributed by atoms with Gasteiger partial charge in [-0.15, -0.1) is 0 Å². The monoisotopic (exact) mass is 533 g/mol. The van der Waals surface area contributed by atoms with Gasteiger partial charge in [0.2, 0.25) is 5.95 Å². The Morgan fingerprint density at radius 1 is 1.24 bits per heavy atom. The van der Waals surface area contributed by atoms with Crippen molar-refractivity contribution in [3.8, 4) is 5.75 Å². The van der Waals surface area contributed by atoms with Gasteiger partial charge in [-0.05, 0) is 44.2 Å². The summed E-state index contributed by atoms with van der Waals surface area (Å²) >= 11 is 6.22. The molecule has 0 bridgehead atoms. The normalized spacial score (nSPS) is 14.4. The van der Waals surface area contributed by atoms with Gasteiger partial charge in [0.05, 0.1) is 32.9 Å².